The highest BCUT2D eigenvalue weighted by Gasteiger charge is 2.14. The number of hydrogen-bond donors (Lipinski definition) is 3. The maximum Gasteiger partial charge on any atom is 0.206 e. The molecule has 0 bridgehead atoms. The summed E-state index contributed by atoms with van der Waals surface area (Å²) in [6.45, 7) is 5.06. The van der Waals surface area contributed by atoms with E-state index >= 15 is 0 Å². The van der Waals surface area contributed by atoms with Gasteiger partial charge in [0, 0.05) is 6.04 Å². The number of nitrogens with zero attached hydrogens (tertiary/aromatic N) is 1. The Morgan fingerprint density at radius 1 is 1.19 bits per heavy atom. The van der Waals surface area contributed by atoms with Crippen LogP contribution in [0.3, 0.4) is 0 Å². The molecule has 1 aromatic carbocycles. The Morgan fingerprint density at radius 3 is 2.43 bits per heavy atom. The average molecular weight is 288 g/mol. The van der Waals surface area contributed by atoms with E-state index in [1.54, 1.807) is 0 Å². The lowest BCUT2D eigenvalue weighted by Crippen LogP contribution is -2.47. The Hall–Kier alpha value is -1.55. The van der Waals surface area contributed by atoms with Gasteiger partial charge in [0.1, 0.15) is 0 Å². The Kier molecular flexibility index (Phi) is 6.05. The van der Waals surface area contributed by atoms with E-state index in [0.717, 1.165) is 0 Å². The summed E-state index contributed by atoms with van der Waals surface area (Å²) in [6, 6.07) is 9.16. The molecule has 0 radical (unpaired) electrons. The molecule has 1 aromatic rings. The van der Waals surface area contributed by atoms with Crippen LogP contribution in [0.5, 0.6) is 0 Å². The zero-order valence-electron chi connectivity index (χ0n) is 13.2. The number of hydrogen-bond acceptors (Lipinski definition) is 2. The topological polar surface area (TPSA) is 62.4 Å². The van der Waals surface area contributed by atoms with Gasteiger partial charge in [-0.1, -0.05) is 57.4 Å². The molecule has 4 nitrogen and oxygen atoms in total. The maximum atomic E-state index is 5.57. The van der Waals surface area contributed by atoms with Crippen LogP contribution < -0.4 is 16.6 Å². The molecule has 0 atom stereocenters. The van der Waals surface area contributed by atoms with Crippen molar-refractivity contribution in [1.29, 1.82) is 0 Å². The number of guanidine groups is 1. The largest absolute Gasteiger partial charge is 0.353 e. The Balaban J connectivity index is 1.90. The van der Waals surface area contributed by atoms with Gasteiger partial charge < -0.3 is 5.32 Å². The van der Waals surface area contributed by atoms with Crippen LogP contribution in [-0.2, 0) is 6.54 Å². The molecule has 0 amide bonds. The molecule has 0 aliphatic heterocycles. The lowest BCUT2D eigenvalue weighted by Gasteiger charge is -2.24. The summed E-state index contributed by atoms with van der Waals surface area (Å²) in [5, 5.41) is 3.42. The smallest absolute Gasteiger partial charge is 0.206 e. The third-order valence-electron chi connectivity index (χ3n) is 4.15. The van der Waals surface area contributed by atoms with Crippen LogP contribution >= 0.6 is 0 Å². The van der Waals surface area contributed by atoms with Gasteiger partial charge in [0.25, 0.3) is 0 Å². The molecule has 21 heavy (non-hydrogen) atoms. The molecule has 0 spiro atoms. The molecule has 0 saturated heterocycles. The Morgan fingerprint density at radius 2 is 1.86 bits per heavy atom. The fourth-order valence-electron chi connectivity index (χ4n) is 2.75. The third-order valence-corrected chi connectivity index (χ3v) is 4.15. The van der Waals surface area contributed by atoms with Crippen molar-refractivity contribution >= 4 is 5.96 Å². The van der Waals surface area contributed by atoms with Crippen molar-refractivity contribution in [2.45, 2.75) is 64.5 Å². The number of rotatable bonds is 4. The number of hydrazine groups is 1. The van der Waals surface area contributed by atoms with Gasteiger partial charge in [0.2, 0.25) is 5.96 Å². The minimum absolute atomic E-state index is 0.511. The van der Waals surface area contributed by atoms with Crippen molar-refractivity contribution in [1.82, 2.24) is 10.7 Å². The Bertz CT molecular complexity index is 444. The van der Waals surface area contributed by atoms with E-state index in [0.29, 0.717) is 24.5 Å². The van der Waals surface area contributed by atoms with Crippen molar-refractivity contribution in [3.63, 3.8) is 0 Å². The lowest BCUT2D eigenvalue weighted by atomic mass is 9.96. The molecule has 1 saturated carbocycles. The fourth-order valence-corrected chi connectivity index (χ4v) is 2.75. The van der Waals surface area contributed by atoms with E-state index in [-0.39, 0.29) is 0 Å². The van der Waals surface area contributed by atoms with E-state index in [4.69, 9.17) is 5.84 Å². The molecular weight excluding hydrogens is 260 g/mol. The van der Waals surface area contributed by atoms with E-state index in [1.165, 1.54) is 43.2 Å². The van der Waals surface area contributed by atoms with Crippen molar-refractivity contribution in [3.8, 4) is 0 Å². The summed E-state index contributed by atoms with van der Waals surface area (Å²) in [6.07, 6.45) is 6.37. The third kappa shape index (κ3) is 5.05. The van der Waals surface area contributed by atoms with Crippen molar-refractivity contribution in [3.05, 3.63) is 35.4 Å². The molecule has 4 N–H and O–H groups in total. The molecule has 116 valence electrons. The van der Waals surface area contributed by atoms with E-state index < -0.39 is 0 Å². The van der Waals surface area contributed by atoms with Crippen LogP contribution in [0.25, 0.3) is 0 Å². The summed E-state index contributed by atoms with van der Waals surface area (Å²) in [5.41, 5.74) is 5.26. The normalized spacial score (nSPS) is 17.0. The van der Waals surface area contributed by atoms with Gasteiger partial charge in [-0.3, -0.25) is 5.43 Å². The van der Waals surface area contributed by atoms with Gasteiger partial charge in [-0.25, -0.2) is 10.8 Å². The fraction of sp³-hybridized carbons (Fsp3) is 0.588. The van der Waals surface area contributed by atoms with Crippen LogP contribution in [0.1, 0.15) is 63.0 Å². The van der Waals surface area contributed by atoms with E-state index in [1.807, 2.05) is 0 Å². The molecular formula is C17H28N4. The SMILES string of the molecule is CC(C)c1ccc(CN=C(NN)NC2CCCCC2)cc1. The highest BCUT2D eigenvalue weighted by atomic mass is 15.3. The monoisotopic (exact) mass is 288 g/mol. The van der Waals surface area contributed by atoms with E-state index in [9.17, 15) is 0 Å². The first-order chi connectivity index (χ1) is 10.2. The molecule has 1 fully saturated rings. The number of nitrogens with one attached hydrogen (secondary N) is 2. The molecule has 2 rings (SSSR count). The maximum absolute atomic E-state index is 5.57. The summed E-state index contributed by atoms with van der Waals surface area (Å²) >= 11 is 0. The van der Waals surface area contributed by atoms with Crippen LogP contribution in [0, 0.1) is 0 Å². The summed E-state index contributed by atoms with van der Waals surface area (Å²) < 4.78 is 0. The van der Waals surface area contributed by atoms with E-state index in [2.05, 4.69) is 53.8 Å². The quantitative estimate of drug-likeness (QED) is 0.345. The second kappa shape index (κ2) is 8.03. The van der Waals surface area contributed by atoms with Crippen molar-refractivity contribution in [2.75, 3.05) is 0 Å². The standard InChI is InChI=1S/C17H28N4/c1-13(2)15-10-8-14(9-11-15)12-19-17(21-18)20-16-6-4-3-5-7-16/h8-11,13,16H,3-7,12,18H2,1-2H3,(H2,19,20,21). The number of nitrogens with two attached hydrogens (primary N) is 1. The number of benzene rings is 1. The Labute approximate surface area is 128 Å². The predicted octanol–water partition coefficient (Wildman–Crippen LogP) is 3.05. The molecule has 0 heterocycles. The van der Waals surface area contributed by atoms with Gasteiger partial charge in [-0.05, 0) is 29.9 Å². The second-order valence-electron chi connectivity index (χ2n) is 6.18. The molecule has 0 aromatic heterocycles. The highest BCUT2D eigenvalue weighted by molar-refractivity contribution is 5.79. The predicted molar refractivity (Wildman–Crippen MR) is 89.0 cm³/mol. The molecule has 1 aliphatic rings. The second-order valence-corrected chi connectivity index (χ2v) is 6.18. The van der Waals surface area contributed by atoms with Gasteiger partial charge in [-0.2, -0.15) is 0 Å². The van der Waals surface area contributed by atoms with Crippen LogP contribution in [0.4, 0.5) is 0 Å². The van der Waals surface area contributed by atoms with Gasteiger partial charge in [-0.15, -0.1) is 0 Å². The van der Waals surface area contributed by atoms with Gasteiger partial charge in [0.15, 0.2) is 0 Å². The van der Waals surface area contributed by atoms with Gasteiger partial charge >= 0.3 is 0 Å². The minimum Gasteiger partial charge on any atom is -0.353 e. The lowest BCUT2D eigenvalue weighted by molar-refractivity contribution is 0.410. The first-order valence-corrected chi connectivity index (χ1v) is 8.05. The summed E-state index contributed by atoms with van der Waals surface area (Å²) in [4.78, 5) is 4.55. The molecule has 0 unspecified atom stereocenters. The summed E-state index contributed by atoms with van der Waals surface area (Å²) in [5.74, 6) is 6.84. The first kappa shape index (κ1) is 15.8. The van der Waals surface area contributed by atoms with Crippen LogP contribution in [0.15, 0.2) is 29.3 Å². The van der Waals surface area contributed by atoms with Gasteiger partial charge in [0.05, 0.1) is 6.54 Å². The van der Waals surface area contributed by atoms with Crippen molar-refractivity contribution in [2.24, 2.45) is 10.8 Å². The van der Waals surface area contributed by atoms with Crippen molar-refractivity contribution < 1.29 is 0 Å². The number of aliphatic imine (C=N–C) groups is 1. The zero-order chi connectivity index (χ0) is 15.1. The zero-order valence-corrected chi connectivity index (χ0v) is 13.2. The van der Waals surface area contributed by atoms with Crippen LogP contribution in [0.2, 0.25) is 0 Å². The van der Waals surface area contributed by atoms with Crippen LogP contribution in [-0.4, -0.2) is 12.0 Å². The first-order valence-electron chi connectivity index (χ1n) is 8.05. The molecule has 4 heteroatoms. The highest BCUT2D eigenvalue weighted by Crippen LogP contribution is 2.17. The minimum atomic E-state index is 0.511. The molecule has 1 aliphatic carbocycles. The average Bonchev–Trinajstić information content (AvgIpc) is 2.52. The summed E-state index contributed by atoms with van der Waals surface area (Å²) in [7, 11) is 0.